The van der Waals surface area contributed by atoms with E-state index in [0.717, 1.165) is 24.9 Å². The molecular formula is C19H19NO2S. The molecule has 0 spiro atoms. The largest absolute Gasteiger partial charge is 0.326 e. The SMILES string of the molecule is O=C(SC1CCCC1C(=O)Nc1ccccc1)c1ccccc1. The van der Waals surface area contributed by atoms with Crippen LogP contribution in [0.15, 0.2) is 60.7 Å². The second-order valence-corrected chi connectivity index (χ2v) is 6.91. The Kier molecular flexibility index (Phi) is 5.13. The molecule has 0 bridgehead atoms. The average Bonchev–Trinajstić information content (AvgIpc) is 3.05. The predicted molar refractivity (Wildman–Crippen MR) is 94.6 cm³/mol. The summed E-state index contributed by atoms with van der Waals surface area (Å²) < 4.78 is 0. The highest BCUT2D eigenvalue weighted by molar-refractivity contribution is 8.14. The Morgan fingerprint density at radius 1 is 0.913 bits per heavy atom. The summed E-state index contributed by atoms with van der Waals surface area (Å²) in [4.78, 5) is 24.9. The van der Waals surface area contributed by atoms with Crippen LogP contribution in [0.4, 0.5) is 5.69 Å². The molecule has 0 heterocycles. The maximum Gasteiger partial charge on any atom is 0.228 e. The number of hydrogen-bond acceptors (Lipinski definition) is 3. The molecule has 1 aliphatic carbocycles. The lowest BCUT2D eigenvalue weighted by Gasteiger charge is -2.18. The van der Waals surface area contributed by atoms with Crippen molar-refractivity contribution in [2.24, 2.45) is 5.92 Å². The van der Waals surface area contributed by atoms with E-state index in [1.807, 2.05) is 60.7 Å². The quantitative estimate of drug-likeness (QED) is 0.908. The molecule has 1 saturated carbocycles. The highest BCUT2D eigenvalue weighted by atomic mass is 32.2. The van der Waals surface area contributed by atoms with Crippen LogP contribution in [0.25, 0.3) is 0 Å². The van der Waals surface area contributed by atoms with Crippen molar-refractivity contribution < 1.29 is 9.59 Å². The van der Waals surface area contributed by atoms with E-state index in [1.54, 1.807) is 0 Å². The normalized spacial score (nSPS) is 20.2. The van der Waals surface area contributed by atoms with E-state index in [4.69, 9.17) is 0 Å². The minimum Gasteiger partial charge on any atom is -0.326 e. The molecule has 2 aromatic rings. The molecule has 1 amide bonds. The van der Waals surface area contributed by atoms with Gasteiger partial charge in [0.1, 0.15) is 0 Å². The fraction of sp³-hybridized carbons (Fsp3) is 0.263. The zero-order chi connectivity index (χ0) is 16.1. The van der Waals surface area contributed by atoms with E-state index in [0.29, 0.717) is 5.56 Å². The maximum atomic E-state index is 12.5. The predicted octanol–water partition coefficient (Wildman–Crippen LogP) is 4.37. The molecule has 2 unspecified atom stereocenters. The van der Waals surface area contributed by atoms with Crippen molar-refractivity contribution >= 4 is 28.5 Å². The van der Waals surface area contributed by atoms with Gasteiger partial charge in [-0.1, -0.05) is 66.7 Å². The van der Waals surface area contributed by atoms with Gasteiger partial charge in [-0.05, 0) is 25.0 Å². The smallest absolute Gasteiger partial charge is 0.228 e. The fourth-order valence-electron chi connectivity index (χ4n) is 2.90. The summed E-state index contributed by atoms with van der Waals surface area (Å²) in [6.07, 6.45) is 2.75. The van der Waals surface area contributed by atoms with Crippen molar-refractivity contribution in [1.82, 2.24) is 0 Å². The van der Waals surface area contributed by atoms with Crippen LogP contribution in [-0.2, 0) is 4.79 Å². The van der Waals surface area contributed by atoms with E-state index in [9.17, 15) is 9.59 Å². The van der Waals surface area contributed by atoms with E-state index in [1.165, 1.54) is 11.8 Å². The monoisotopic (exact) mass is 325 g/mol. The summed E-state index contributed by atoms with van der Waals surface area (Å²) in [6.45, 7) is 0. The van der Waals surface area contributed by atoms with Crippen molar-refractivity contribution in [3.05, 3.63) is 66.2 Å². The molecule has 1 fully saturated rings. The Hall–Kier alpha value is -2.07. The molecular weight excluding hydrogens is 306 g/mol. The number of nitrogens with one attached hydrogen (secondary N) is 1. The summed E-state index contributed by atoms with van der Waals surface area (Å²) in [6, 6.07) is 18.7. The Bertz CT molecular complexity index is 672. The molecule has 0 saturated heterocycles. The number of thioether (sulfide) groups is 1. The highest BCUT2D eigenvalue weighted by Gasteiger charge is 2.35. The van der Waals surface area contributed by atoms with Gasteiger partial charge in [0.05, 0.1) is 5.92 Å². The number of anilines is 1. The standard InChI is InChI=1S/C19H19NO2S/c21-18(20-15-10-5-2-6-11-15)16-12-7-13-17(16)23-19(22)14-8-3-1-4-9-14/h1-6,8-11,16-17H,7,12-13H2,(H,20,21). The third-order valence-corrected chi connectivity index (χ3v) is 5.42. The third-order valence-electron chi connectivity index (χ3n) is 4.10. The van der Waals surface area contributed by atoms with Gasteiger partial charge < -0.3 is 5.32 Å². The van der Waals surface area contributed by atoms with E-state index >= 15 is 0 Å². The second-order valence-electron chi connectivity index (χ2n) is 5.70. The minimum atomic E-state index is -0.104. The zero-order valence-electron chi connectivity index (χ0n) is 12.8. The minimum absolute atomic E-state index is 0.0204. The molecule has 0 radical (unpaired) electrons. The second kappa shape index (κ2) is 7.47. The van der Waals surface area contributed by atoms with Gasteiger partial charge in [-0.25, -0.2) is 0 Å². The van der Waals surface area contributed by atoms with Crippen molar-refractivity contribution in [3.63, 3.8) is 0 Å². The van der Waals surface area contributed by atoms with Gasteiger partial charge in [-0.15, -0.1) is 0 Å². The van der Waals surface area contributed by atoms with Crippen molar-refractivity contribution in [2.45, 2.75) is 24.5 Å². The topological polar surface area (TPSA) is 46.2 Å². The average molecular weight is 325 g/mol. The first-order chi connectivity index (χ1) is 11.2. The number of amides is 1. The van der Waals surface area contributed by atoms with Gasteiger partial charge in [-0.2, -0.15) is 0 Å². The van der Waals surface area contributed by atoms with Crippen LogP contribution in [0.5, 0.6) is 0 Å². The number of hydrogen-bond donors (Lipinski definition) is 1. The molecule has 23 heavy (non-hydrogen) atoms. The summed E-state index contributed by atoms with van der Waals surface area (Å²) >= 11 is 1.31. The molecule has 2 aromatic carbocycles. The fourth-order valence-corrected chi connectivity index (χ4v) is 4.16. The Balaban J connectivity index is 1.63. The van der Waals surface area contributed by atoms with E-state index < -0.39 is 0 Å². The Morgan fingerprint density at radius 2 is 1.57 bits per heavy atom. The summed E-state index contributed by atoms with van der Waals surface area (Å²) in [5.74, 6) is -0.0834. The van der Waals surface area contributed by atoms with Gasteiger partial charge >= 0.3 is 0 Å². The lowest BCUT2D eigenvalue weighted by molar-refractivity contribution is -0.119. The number of rotatable bonds is 4. The molecule has 1 aliphatic rings. The van der Waals surface area contributed by atoms with Gasteiger partial charge in [-0.3, -0.25) is 9.59 Å². The van der Waals surface area contributed by atoms with Crippen molar-refractivity contribution in [1.29, 1.82) is 0 Å². The van der Waals surface area contributed by atoms with Crippen molar-refractivity contribution in [2.75, 3.05) is 5.32 Å². The molecule has 118 valence electrons. The Labute approximate surface area is 140 Å². The highest BCUT2D eigenvalue weighted by Crippen LogP contribution is 2.37. The van der Waals surface area contributed by atoms with Crippen LogP contribution >= 0.6 is 11.8 Å². The first-order valence-electron chi connectivity index (χ1n) is 7.86. The van der Waals surface area contributed by atoms with Crippen LogP contribution in [0, 0.1) is 5.92 Å². The first-order valence-corrected chi connectivity index (χ1v) is 8.74. The number of para-hydroxylation sites is 1. The summed E-state index contributed by atoms with van der Waals surface area (Å²) in [5.41, 5.74) is 1.51. The zero-order valence-corrected chi connectivity index (χ0v) is 13.6. The van der Waals surface area contributed by atoms with E-state index in [2.05, 4.69) is 5.32 Å². The van der Waals surface area contributed by atoms with Crippen LogP contribution in [0.3, 0.4) is 0 Å². The van der Waals surface area contributed by atoms with Gasteiger partial charge in [0.15, 0.2) is 0 Å². The number of carbonyl (C=O) groups excluding carboxylic acids is 2. The molecule has 0 aliphatic heterocycles. The summed E-state index contributed by atoms with van der Waals surface area (Å²) in [7, 11) is 0. The first kappa shape index (κ1) is 15.8. The molecule has 3 nitrogen and oxygen atoms in total. The molecule has 2 atom stereocenters. The number of benzene rings is 2. The van der Waals surface area contributed by atoms with Crippen LogP contribution < -0.4 is 5.32 Å². The number of carbonyl (C=O) groups is 2. The van der Waals surface area contributed by atoms with Gasteiger partial charge in [0.2, 0.25) is 11.0 Å². The lowest BCUT2D eigenvalue weighted by atomic mass is 10.1. The summed E-state index contributed by atoms with van der Waals surface area (Å²) in [5, 5.41) is 3.08. The third kappa shape index (κ3) is 4.02. The van der Waals surface area contributed by atoms with Gasteiger partial charge in [0.25, 0.3) is 0 Å². The van der Waals surface area contributed by atoms with Crippen LogP contribution in [-0.4, -0.2) is 16.3 Å². The van der Waals surface area contributed by atoms with E-state index in [-0.39, 0.29) is 22.2 Å². The Morgan fingerprint density at radius 3 is 2.26 bits per heavy atom. The molecule has 0 aromatic heterocycles. The molecule has 1 N–H and O–H groups in total. The van der Waals surface area contributed by atoms with Crippen LogP contribution in [0.2, 0.25) is 0 Å². The molecule has 3 rings (SSSR count). The lowest BCUT2D eigenvalue weighted by Crippen LogP contribution is -2.28. The van der Waals surface area contributed by atoms with Crippen molar-refractivity contribution in [3.8, 4) is 0 Å². The molecule has 4 heteroatoms. The van der Waals surface area contributed by atoms with Crippen LogP contribution in [0.1, 0.15) is 29.6 Å². The van der Waals surface area contributed by atoms with Gasteiger partial charge in [0, 0.05) is 16.5 Å². The maximum absolute atomic E-state index is 12.5.